The summed E-state index contributed by atoms with van der Waals surface area (Å²) in [5, 5.41) is 14.3. The highest BCUT2D eigenvalue weighted by Gasteiger charge is 2.06. The summed E-state index contributed by atoms with van der Waals surface area (Å²) in [4.78, 5) is 10.3. The molecule has 2 aromatic rings. The molecule has 0 bridgehead atoms. The molecular formula is C13H13NO2. The molecule has 2 N–H and O–H groups in total. The maximum absolute atomic E-state index is 10.3. The van der Waals surface area contributed by atoms with Crippen molar-refractivity contribution in [1.29, 1.82) is 0 Å². The third-order valence-electron chi connectivity index (χ3n) is 2.85. The topological polar surface area (TPSA) is 49.3 Å². The normalized spacial score (nSPS) is 10.4. The van der Waals surface area contributed by atoms with Crippen LogP contribution in [0.3, 0.4) is 0 Å². The summed E-state index contributed by atoms with van der Waals surface area (Å²) in [6.45, 7) is 3.84. The predicted octanol–water partition coefficient (Wildman–Crippen LogP) is 2.73. The van der Waals surface area contributed by atoms with Gasteiger partial charge in [0.15, 0.2) is 0 Å². The molecule has 1 amide bonds. The lowest BCUT2D eigenvalue weighted by molar-refractivity contribution is -0.105. The molecular weight excluding hydrogens is 202 g/mol. The Kier molecular flexibility index (Phi) is 2.52. The fraction of sp³-hybridized carbons (Fsp3) is 0.154. The molecule has 2 aromatic carbocycles. The zero-order valence-corrected chi connectivity index (χ0v) is 9.24. The Morgan fingerprint density at radius 3 is 2.69 bits per heavy atom. The number of hydrogen-bond acceptors (Lipinski definition) is 2. The van der Waals surface area contributed by atoms with Gasteiger partial charge in [-0.25, -0.2) is 0 Å². The molecule has 0 aliphatic heterocycles. The van der Waals surface area contributed by atoms with E-state index in [2.05, 4.69) is 5.32 Å². The second-order valence-corrected chi connectivity index (χ2v) is 3.87. The number of phenolic OH excluding ortho intramolecular Hbond substituents is 1. The number of rotatable bonds is 2. The van der Waals surface area contributed by atoms with Crippen LogP contribution in [0.1, 0.15) is 11.1 Å². The second-order valence-electron chi connectivity index (χ2n) is 3.87. The third kappa shape index (κ3) is 1.60. The maximum Gasteiger partial charge on any atom is 0.211 e. The fourth-order valence-corrected chi connectivity index (χ4v) is 1.79. The van der Waals surface area contributed by atoms with E-state index in [0.717, 1.165) is 27.6 Å². The molecule has 0 heterocycles. The van der Waals surface area contributed by atoms with E-state index in [1.165, 1.54) is 0 Å². The lowest BCUT2D eigenvalue weighted by Gasteiger charge is -2.09. The number of benzene rings is 2. The smallest absolute Gasteiger partial charge is 0.211 e. The van der Waals surface area contributed by atoms with E-state index in [-0.39, 0.29) is 0 Å². The van der Waals surface area contributed by atoms with Gasteiger partial charge in [0.25, 0.3) is 0 Å². The quantitative estimate of drug-likeness (QED) is 0.757. The van der Waals surface area contributed by atoms with Gasteiger partial charge in [-0.3, -0.25) is 4.79 Å². The summed E-state index contributed by atoms with van der Waals surface area (Å²) in [7, 11) is 0. The summed E-state index contributed by atoms with van der Waals surface area (Å²) in [5.41, 5.74) is 2.65. The zero-order valence-electron chi connectivity index (χ0n) is 9.24. The van der Waals surface area contributed by atoms with Crippen molar-refractivity contribution in [2.24, 2.45) is 0 Å². The number of carbonyl (C=O) groups is 1. The van der Waals surface area contributed by atoms with Crippen LogP contribution in [0.25, 0.3) is 10.8 Å². The van der Waals surface area contributed by atoms with Gasteiger partial charge in [-0.2, -0.15) is 0 Å². The van der Waals surface area contributed by atoms with Gasteiger partial charge in [-0.05, 0) is 48.6 Å². The molecule has 0 saturated carbocycles. The summed E-state index contributed by atoms with van der Waals surface area (Å²) >= 11 is 0. The van der Waals surface area contributed by atoms with E-state index in [1.54, 1.807) is 6.07 Å². The van der Waals surface area contributed by atoms with E-state index < -0.39 is 0 Å². The summed E-state index contributed by atoms with van der Waals surface area (Å²) < 4.78 is 0. The van der Waals surface area contributed by atoms with Crippen LogP contribution in [0.5, 0.6) is 5.75 Å². The average molecular weight is 215 g/mol. The van der Waals surface area contributed by atoms with Crippen LogP contribution in [-0.2, 0) is 4.79 Å². The van der Waals surface area contributed by atoms with Gasteiger partial charge in [0.05, 0.1) is 0 Å². The van der Waals surface area contributed by atoms with Gasteiger partial charge in [0, 0.05) is 11.1 Å². The number of hydrogen-bond donors (Lipinski definition) is 2. The van der Waals surface area contributed by atoms with Crippen molar-refractivity contribution in [3.8, 4) is 5.75 Å². The molecule has 0 aliphatic carbocycles. The van der Waals surface area contributed by atoms with Crippen LogP contribution in [0.2, 0.25) is 0 Å². The van der Waals surface area contributed by atoms with E-state index in [0.29, 0.717) is 12.2 Å². The number of aryl methyl sites for hydroxylation is 1. The molecule has 0 fully saturated rings. The number of aromatic hydroxyl groups is 1. The van der Waals surface area contributed by atoms with Crippen LogP contribution in [-0.4, -0.2) is 11.5 Å². The minimum absolute atomic E-state index is 0.313. The summed E-state index contributed by atoms with van der Waals surface area (Å²) in [6.07, 6.45) is 0.641. The van der Waals surface area contributed by atoms with Crippen molar-refractivity contribution < 1.29 is 9.90 Å². The van der Waals surface area contributed by atoms with E-state index in [1.807, 2.05) is 32.0 Å². The fourth-order valence-electron chi connectivity index (χ4n) is 1.79. The Morgan fingerprint density at radius 1 is 1.25 bits per heavy atom. The van der Waals surface area contributed by atoms with Crippen LogP contribution in [0.4, 0.5) is 5.69 Å². The first-order chi connectivity index (χ1) is 7.63. The minimum atomic E-state index is 0.313. The molecule has 0 radical (unpaired) electrons. The first kappa shape index (κ1) is 10.5. The standard InChI is InChI=1S/C13H13NO2/c1-8-5-10-6-11(14-7-15)3-4-12(10)13(16)9(8)2/h3-7,16H,1-2H3,(H,14,15). The lowest BCUT2D eigenvalue weighted by atomic mass is 10.0. The van der Waals surface area contributed by atoms with Crippen LogP contribution in [0.15, 0.2) is 24.3 Å². The predicted molar refractivity (Wildman–Crippen MR) is 64.8 cm³/mol. The Balaban J connectivity index is 2.70. The highest BCUT2D eigenvalue weighted by molar-refractivity contribution is 5.93. The molecule has 0 atom stereocenters. The van der Waals surface area contributed by atoms with Gasteiger partial charge in [0.1, 0.15) is 5.75 Å². The van der Waals surface area contributed by atoms with Crippen molar-refractivity contribution in [2.45, 2.75) is 13.8 Å². The lowest BCUT2D eigenvalue weighted by Crippen LogP contribution is -1.93. The van der Waals surface area contributed by atoms with Crippen molar-refractivity contribution in [2.75, 3.05) is 5.32 Å². The summed E-state index contributed by atoms with van der Waals surface area (Å²) in [6, 6.07) is 7.42. The Bertz CT molecular complexity index is 561. The Hall–Kier alpha value is -2.03. The van der Waals surface area contributed by atoms with Gasteiger partial charge >= 0.3 is 0 Å². The van der Waals surface area contributed by atoms with Crippen LogP contribution < -0.4 is 5.32 Å². The van der Waals surface area contributed by atoms with E-state index in [4.69, 9.17) is 0 Å². The van der Waals surface area contributed by atoms with Crippen LogP contribution >= 0.6 is 0 Å². The number of fused-ring (bicyclic) bond motifs is 1. The van der Waals surface area contributed by atoms with Crippen LogP contribution in [0, 0.1) is 13.8 Å². The van der Waals surface area contributed by atoms with Crippen molar-refractivity contribution in [1.82, 2.24) is 0 Å². The Labute approximate surface area is 93.7 Å². The van der Waals surface area contributed by atoms with Crippen molar-refractivity contribution >= 4 is 22.9 Å². The second kappa shape index (κ2) is 3.85. The molecule has 0 aliphatic rings. The number of carbonyl (C=O) groups excluding carboxylic acids is 1. The third-order valence-corrected chi connectivity index (χ3v) is 2.85. The molecule has 2 rings (SSSR count). The van der Waals surface area contributed by atoms with Gasteiger partial charge in [0.2, 0.25) is 6.41 Å². The molecule has 0 aromatic heterocycles. The average Bonchev–Trinajstić information content (AvgIpc) is 2.26. The number of nitrogens with one attached hydrogen (secondary N) is 1. The molecule has 16 heavy (non-hydrogen) atoms. The molecule has 3 heteroatoms. The monoisotopic (exact) mass is 215 g/mol. The first-order valence-electron chi connectivity index (χ1n) is 5.06. The highest BCUT2D eigenvalue weighted by atomic mass is 16.3. The van der Waals surface area contributed by atoms with Crippen molar-refractivity contribution in [3.63, 3.8) is 0 Å². The number of amides is 1. The SMILES string of the molecule is Cc1cc2cc(NC=O)ccc2c(O)c1C. The van der Waals surface area contributed by atoms with Gasteiger partial charge in [-0.15, -0.1) is 0 Å². The maximum atomic E-state index is 10.3. The number of anilines is 1. The molecule has 3 nitrogen and oxygen atoms in total. The largest absolute Gasteiger partial charge is 0.507 e. The van der Waals surface area contributed by atoms with Gasteiger partial charge < -0.3 is 10.4 Å². The first-order valence-corrected chi connectivity index (χ1v) is 5.06. The zero-order chi connectivity index (χ0) is 11.7. The number of phenols is 1. The highest BCUT2D eigenvalue weighted by Crippen LogP contribution is 2.32. The van der Waals surface area contributed by atoms with E-state index in [9.17, 15) is 9.90 Å². The minimum Gasteiger partial charge on any atom is -0.507 e. The van der Waals surface area contributed by atoms with Crippen molar-refractivity contribution in [3.05, 3.63) is 35.4 Å². The molecule has 82 valence electrons. The summed E-state index contributed by atoms with van der Waals surface area (Å²) in [5.74, 6) is 0.313. The Morgan fingerprint density at radius 2 is 2.00 bits per heavy atom. The molecule has 0 saturated heterocycles. The van der Waals surface area contributed by atoms with Gasteiger partial charge in [-0.1, -0.05) is 6.07 Å². The molecule has 0 spiro atoms. The molecule has 0 unspecified atom stereocenters. The van der Waals surface area contributed by atoms with E-state index >= 15 is 0 Å².